The van der Waals surface area contributed by atoms with Crippen LogP contribution in [0.4, 0.5) is 5.69 Å². The minimum atomic E-state index is 0.00298. The van der Waals surface area contributed by atoms with Crippen molar-refractivity contribution in [3.8, 4) is 0 Å². The molecule has 112 valence electrons. The van der Waals surface area contributed by atoms with Gasteiger partial charge in [0.2, 0.25) is 5.91 Å². The zero-order valence-corrected chi connectivity index (χ0v) is 12.2. The van der Waals surface area contributed by atoms with Gasteiger partial charge in [0.15, 0.2) is 0 Å². The van der Waals surface area contributed by atoms with Crippen LogP contribution >= 0.6 is 0 Å². The molecule has 0 radical (unpaired) electrons. The summed E-state index contributed by atoms with van der Waals surface area (Å²) >= 11 is 0. The quantitative estimate of drug-likeness (QED) is 0.819. The highest BCUT2D eigenvalue weighted by Gasteiger charge is 2.06. The molecule has 0 spiro atoms. The normalized spacial score (nSPS) is 10.8. The number of rotatable bonds is 7. The predicted molar refractivity (Wildman–Crippen MR) is 82.6 cm³/mol. The first kappa shape index (κ1) is 15.3. The fourth-order valence-electron chi connectivity index (χ4n) is 2.07. The number of carbonyl (C=O) groups is 1. The minimum Gasteiger partial charge on any atom is -0.472 e. The number of furan rings is 1. The second kappa shape index (κ2) is 7.61. The van der Waals surface area contributed by atoms with Gasteiger partial charge in [0, 0.05) is 37.3 Å². The Morgan fingerprint density at radius 2 is 2.19 bits per heavy atom. The molecule has 0 unspecified atom stereocenters. The van der Waals surface area contributed by atoms with Crippen molar-refractivity contribution in [2.24, 2.45) is 5.73 Å². The number of nitrogens with zero attached hydrogens (tertiary/aromatic N) is 1. The molecule has 1 heterocycles. The van der Waals surface area contributed by atoms with Gasteiger partial charge in [-0.1, -0.05) is 12.1 Å². The lowest BCUT2D eigenvalue weighted by Gasteiger charge is -2.15. The minimum absolute atomic E-state index is 0.00298. The Morgan fingerprint density at radius 3 is 2.90 bits per heavy atom. The maximum absolute atomic E-state index is 11.9. The van der Waals surface area contributed by atoms with E-state index in [2.05, 4.69) is 10.2 Å². The van der Waals surface area contributed by atoms with Crippen LogP contribution in [0.1, 0.15) is 17.5 Å². The first-order valence-corrected chi connectivity index (χ1v) is 6.96. The fourth-order valence-corrected chi connectivity index (χ4v) is 2.07. The molecule has 0 fully saturated rings. The number of hydrogen-bond acceptors (Lipinski definition) is 4. The summed E-state index contributed by atoms with van der Waals surface area (Å²) in [5.41, 5.74) is 8.49. The highest BCUT2D eigenvalue weighted by molar-refractivity contribution is 5.90. The summed E-state index contributed by atoms with van der Waals surface area (Å²) in [6.45, 7) is 1.93. The van der Waals surface area contributed by atoms with Crippen molar-refractivity contribution in [1.29, 1.82) is 0 Å². The van der Waals surface area contributed by atoms with Crippen LogP contribution in [0.5, 0.6) is 0 Å². The Morgan fingerprint density at radius 1 is 1.33 bits per heavy atom. The maximum Gasteiger partial charge on any atom is 0.225 e. The van der Waals surface area contributed by atoms with Crippen molar-refractivity contribution in [3.63, 3.8) is 0 Å². The van der Waals surface area contributed by atoms with E-state index in [1.165, 1.54) is 0 Å². The van der Waals surface area contributed by atoms with Crippen molar-refractivity contribution in [3.05, 3.63) is 54.0 Å². The number of nitrogens with two attached hydrogens (primary N) is 1. The monoisotopic (exact) mass is 287 g/mol. The number of hydrogen-bond donors (Lipinski definition) is 2. The summed E-state index contributed by atoms with van der Waals surface area (Å²) in [5, 5.41) is 2.89. The molecule has 1 aromatic heterocycles. The van der Waals surface area contributed by atoms with E-state index in [-0.39, 0.29) is 5.91 Å². The molecule has 5 nitrogen and oxygen atoms in total. The number of nitrogens with one attached hydrogen (secondary N) is 1. The highest BCUT2D eigenvalue weighted by Crippen LogP contribution is 2.10. The highest BCUT2D eigenvalue weighted by atomic mass is 16.3. The lowest BCUT2D eigenvalue weighted by atomic mass is 10.2. The molecule has 0 atom stereocenters. The number of benzene rings is 1. The molecule has 3 N–H and O–H groups in total. The van der Waals surface area contributed by atoms with E-state index in [9.17, 15) is 4.79 Å². The Bertz CT molecular complexity index is 567. The van der Waals surface area contributed by atoms with Crippen molar-refractivity contribution in [2.75, 3.05) is 18.9 Å². The standard InChI is InChI=1S/C16H21N3O2/c1-19(11-14-6-8-21-12-14)7-5-16(20)18-15-4-2-3-13(9-15)10-17/h2-4,6,8-9,12H,5,7,10-11,17H2,1H3,(H,18,20). The Kier molecular flexibility index (Phi) is 5.54. The maximum atomic E-state index is 11.9. The van der Waals surface area contributed by atoms with E-state index < -0.39 is 0 Å². The lowest BCUT2D eigenvalue weighted by molar-refractivity contribution is -0.116. The molecule has 0 saturated heterocycles. The third-order valence-electron chi connectivity index (χ3n) is 3.20. The van der Waals surface area contributed by atoms with Crippen LogP contribution < -0.4 is 11.1 Å². The molecule has 0 saturated carbocycles. The van der Waals surface area contributed by atoms with Crippen LogP contribution in [0.3, 0.4) is 0 Å². The molecule has 0 aliphatic heterocycles. The van der Waals surface area contributed by atoms with E-state index in [1.54, 1.807) is 12.5 Å². The third-order valence-corrected chi connectivity index (χ3v) is 3.20. The fraction of sp³-hybridized carbons (Fsp3) is 0.312. The zero-order valence-electron chi connectivity index (χ0n) is 12.2. The second-order valence-electron chi connectivity index (χ2n) is 5.07. The molecule has 1 amide bonds. The average molecular weight is 287 g/mol. The first-order valence-electron chi connectivity index (χ1n) is 6.96. The summed E-state index contributed by atoms with van der Waals surface area (Å²) in [4.78, 5) is 14.0. The largest absolute Gasteiger partial charge is 0.472 e. The summed E-state index contributed by atoms with van der Waals surface area (Å²) in [6.07, 6.45) is 3.82. The van der Waals surface area contributed by atoms with Crippen molar-refractivity contribution in [2.45, 2.75) is 19.5 Å². The van der Waals surface area contributed by atoms with Crippen molar-refractivity contribution in [1.82, 2.24) is 4.90 Å². The predicted octanol–water partition coefficient (Wildman–Crippen LogP) is 2.20. The molecule has 2 aromatic rings. The molecule has 0 aliphatic carbocycles. The Labute approximate surface area is 124 Å². The van der Waals surface area contributed by atoms with Gasteiger partial charge in [-0.25, -0.2) is 0 Å². The molecule has 2 rings (SSSR count). The van der Waals surface area contributed by atoms with Crippen LogP contribution in [0, 0.1) is 0 Å². The van der Waals surface area contributed by atoms with E-state index in [0.29, 0.717) is 19.5 Å². The van der Waals surface area contributed by atoms with Gasteiger partial charge < -0.3 is 20.4 Å². The molecule has 21 heavy (non-hydrogen) atoms. The van der Waals surface area contributed by atoms with Crippen molar-refractivity contribution >= 4 is 11.6 Å². The lowest BCUT2D eigenvalue weighted by Crippen LogP contribution is -2.23. The molecular weight excluding hydrogens is 266 g/mol. The van der Waals surface area contributed by atoms with Crippen LogP contribution in [0.25, 0.3) is 0 Å². The average Bonchev–Trinajstić information content (AvgIpc) is 2.98. The summed E-state index contributed by atoms with van der Waals surface area (Å²) in [7, 11) is 1.98. The van der Waals surface area contributed by atoms with Gasteiger partial charge >= 0.3 is 0 Å². The van der Waals surface area contributed by atoms with Crippen LogP contribution in [-0.2, 0) is 17.9 Å². The zero-order chi connectivity index (χ0) is 15.1. The SMILES string of the molecule is CN(CCC(=O)Nc1cccc(CN)c1)Cc1ccoc1. The van der Waals surface area contributed by atoms with Gasteiger partial charge in [0.05, 0.1) is 12.5 Å². The van der Waals surface area contributed by atoms with Crippen LogP contribution in [0.15, 0.2) is 47.3 Å². The molecule has 1 aromatic carbocycles. The Balaban J connectivity index is 1.76. The van der Waals surface area contributed by atoms with Gasteiger partial charge in [-0.3, -0.25) is 4.79 Å². The first-order chi connectivity index (χ1) is 10.2. The van der Waals surface area contributed by atoms with E-state index in [0.717, 1.165) is 23.4 Å². The molecule has 0 aliphatic rings. The molecule has 0 bridgehead atoms. The second-order valence-corrected chi connectivity index (χ2v) is 5.07. The van der Waals surface area contributed by atoms with Gasteiger partial charge in [0.25, 0.3) is 0 Å². The number of carbonyl (C=O) groups excluding carboxylic acids is 1. The molecular formula is C16H21N3O2. The summed E-state index contributed by atoms with van der Waals surface area (Å²) < 4.78 is 5.03. The Hall–Kier alpha value is -2.11. The summed E-state index contributed by atoms with van der Waals surface area (Å²) in [5.74, 6) is 0.00298. The molecule has 5 heteroatoms. The van der Waals surface area contributed by atoms with Gasteiger partial charge in [-0.15, -0.1) is 0 Å². The van der Waals surface area contributed by atoms with E-state index in [1.807, 2.05) is 37.4 Å². The van der Waals surface area contributed by atoms with Crippen LogP contribution in [0.2, 0.25) is 0 Å². The van der Waals surface area contributed by atoms with Crippen molar-refractivity contribution < 1.29 is 9.21 Å². The number of anilines is 1. The third kappa shape index (κ3) is 5.06. The number of amides is 1. The van der Waals surface area contributed by atoms with E-state index in [4.69, 9.17) is 10.2 Å². The van der Waals surface area contributed by atoms with Gasteiger partial charge in [-0.2, -0.15) is 0 Å². The van der Waals surface area contributed by atoms with E-state index >= 15 is 0 Å². The topological polar surface area (TPSA) is 71.5 Å². The van der Waals surface area contributed by atoms with Gasteiger partial charge in [-0.05, 0) is 30.8 Å². The van der Waals surface area contributed by atoms with Gasteiger partial charge in [0.1, 0.15) is 0 Å². The smallest absolute Gasteiger partial charge is 0.225 e. The summed E-state index contributed by atoms with van der Waals surface area (Å²) in [6, 6.07) is 9.52. The van der Waals surface area contributed by atoms with Crippen LogP contribution in [-0.4, -0.2) is 24.4 Å².